The van der Waals surface area contributed by atoms with Gasteiger partial charge in [0.1, 0.15) is 11.5 Å². The van der Waals surface area contributed by atoms with E-state index >= 15 is 0 Å². The van der Waals surface area contributed by atoms with Gasteiger partial charge in [-0.3, -0.25) is 29.1 Å². The normalized spacial score (nSPS) is 11.0. The highest BCUT2D eigenvalue weighted by Crippen LogP contribution is 2.29. The molecule has 0 unspecified atom stereocenters. The highest BCUT2D eigenvalue weighted by atomic mass is 16.5. The molecule has 0 radical (unpaired) electrons. The molecule has 14 heteroatoms. The number of anilines is 2. The van der Waals surface area contributed by atoms with Gasteiger partial charge in [0.25, 0.3) is 0 Å². The van der Waals surface area contributed by atoms with Crippen LogP contribution < -0.4 is 41.4 Å². The lowest BCUT2D eigenvalue weighted by atomic mass is 10.1. The molecule has 0 fully saturated rings. The summed E-state index contributed by atoms with van der Waals surface area (Å²) in [7, 11) is 3.15. The van der Waals surface area contributed by atoms with E-state index in [0.717, 1.165) is 62.6 Å². The van der Waals surface area contributed by atoms with Crippen LogP contribution in [0.25, 0.3) is 21.8 Å². The van der Waals surface area contributed by atoms with Crippen LogP contribution in [0.5, 0.6) is 11.5 Å². The largest absolute Gasteiger partial charge is 0.497 e. The zero-order chi connectivity index (χ0) is 39.8. The number of rotatable bonds is 27. The Labute approximate surface area is 329 Å². The smallest absolute Gasteiger partial charge is 0.224 e. The third kappa shape index (κ3) is 15.8. The number of amides is 4. The second-order valence-corrected chi connectivity index (χ2v) is 13.6. The van der Waals surface area contributed by atoms with E-state index in [2.05, 4.69) is 41.9 Å². The van der Waals surface area contributed by atoms with Crippen molar-refractivity contribution in [2.75, 3.05) is 64.1 Å². The Bertz CT molecular complexity index is 1720. The van der Waals surface area contributed by atoms with Crippen molar-refractivity contribution in [3.8, 4) is 11.5 Å². The molecule has 4 amide bonds. The van der Waals surface area contributed by atoms with Gasteiger partial charge in [-0.15, -0.1) is 0 Å². The van der Waals surface area contributed by atoms with Crippen LogP contribution in [0, 0.1) is 0 Å². The SMILES string of the molecule is COc1cc(NC(=O)CCC(=O)NCCCNCCCCCCCCNCCCNC(=O)CCC(=O)Nc2cc(OC)cc3cccnc23)c2ncccc2c1. The maximum atomic E-state index is 12.5. The Morgan fingerprint density at radius 3 is 1.32 bits per heavy atom. The molecule has 302 valence electrons. The maximum Gasteiger partial charge on any atom is 0.224 e. The van der Waals surface area contributed by atoms with Crippen LogP contribution in [0.15, 0.2) is 60.9 Å². The van der Waals surface area contributed by atoms with Gasteiger partial charge in [-0.2, -0.15) is 0 Å². The van der Waals surface area contributed by atoms with Gasteiger partial charge in [-0.1, -0.05) is 37.8 Å². The van der Waals surface area contributed by atoms with Gasteiger partial charge >= 0.3 is 0 Å². The number of hydrogen-bond donors (Lipinski definition) is 6. The summed E-state index contributed by atoms with van der Waals surface area (Å²) in [5, 5.41) is 20.1. The van der Waals surface area contributed by atoms with Crippen LogP contribution in [0.2, 0.25) is 0 Å². The molecule has 0 aliphatic carbocycles. The maximum absolute atomic E-state index is 12.5. The quantitative estimate of drug-likeness (QED) is 0.0425. The molecular weight excluding hydrogens is 713 g/mol. The third-order valence-corrected chi connectivity index (χ3v) is 9.20. The van der Waals surface area contributed by atoms with Crippen LogP contribution >= 0.6 is 0 Å². The van der Waals surface area contributed by atoms with Gasteiger partial charge in [0.15, 0.2) is 0 Å². The second-order valence-electron chi connectivity index (χ2n) is 13.6. The number of nitrogens with one attached hydrogen (secondary N) is 6. The average molecular weight is 771 g/mol. The van der Waals surface area contributed by atoms with Gasteiger partial charge in [0.05, 0.1) is 36.6 Å². The van der Waals surface area contributed by atoms with Crippen LogP contribution in [-0.4, -0.2) is 87.1 Å². The van der Waals surface area contributed by atoms with Crippen molar-refractivity contribution in [2.45, 2.75) is 77.0 Å². The Morgan fingerprint density at radius 1 is 0.500 bits per heavy atom. The highest BCUT2D eigenvalue weighted by Gasteiger charge is 2.13. The molecular formula is C42H58N8O6. The lowest BCUT2D eigenvalue weighted by Gasteiger charge is -2.11. The molecule has 2 heterocycles. The Morgan fingerprint density at radius 2 is 0.893 bits per heavy atom. The number of fused-ring (bicyclic) bond motifs is 2. The van der Waals surface area contributed by atoms with Crippen molar-refractivity contribution in [1.82, 2.24) is 31.2 Å². The summed E-state index contributed by atoms with van der Waals surface area (Å²) in [4.78, 5) is 58.2. The molecule has 0 spiro atoms. The molecule has 0 bridgehead atoms. The first-order valence-corrected chi connectivity index (χ1v) is 19.8. The topological polar surface area (TPSA) is 185 Å². The summed E-state index contributed by atoms with van der Waals surface area (Å²) in [6.07, 6.45) is 12.5. The van der Waals surface area contributed by atoms with Gasteiger partial charge in [-0.05, 0) is 76.1 Å². The minimum absolute atomic E-state index is 0.0861. The minimum Gasteiger partial charge on any atom is -0.497 e. The van der Waals surface area contributed by atoms with Crippen molar-refractivity contribution in [3.63, 3.8) is 0 Å². The first kappa shape index (κ1) is 43.4. The van der Waals surface area contributed by atoms with E-state index in [-0.39, 0.29) is 49.3 Å². The molecule has 0 saturated carbocycles. The van der Waals surface area contributed by atoms with Crippen molar-refractivity contribution in [1.29, 1.82) is 0 Å². The lowest BCUT2D eigenvalue weighted by Crippen LogP contribution is -2.28. The van der Waals surface area contributed by atoms with E-state index in [9.17, 15) is 19.2 Å². The highest BCUT2D eigenvalue weighted by molar-refractivity contribution is 6.02. The zero-order valence-electron chi connectivity index (χ0n) is 32.8. The number of carbonyl (C=O) groups excluding carboxylic acids is 4. The van der Waals surface area contributed by atoms with Crippen molar-refractivity contribution in [3.05, 3.63) is 60.9 Å². The molecule has 56 heavy (non-hydrogen) atoms. The number of methoxy groups -OCH3 is 2. The average Bonchev–Trinajstić information content (AvgIpc) is 3.21. The third-order valence-electron chi connectivity index (χ3n) is 9.20. The predicted molar refractivity (Wildman–Crippen MR) is 221 cm³/mol. The fourth-order valence-corrected chi connectivity index (χ4v) is 6.15. The molecule has 2 aromatic heterocycles. The number of ether oxygens (including phenoxy) is 2. The summed E-state index contributed by atoms with van der Waals surface area (Å²) < 4.78 is 10.7. The van der Waals surface area contributed by atoms with E-state index in [1.54, 1.807) is 38.7 Å². The van der Waals surface area contributed by atoms with E-state index in [1.807, 2.05) is 36.4 Å². The Kier molecular flexibility index (Phi) is 19.3. The fourth-order valence-electron chi connectivity index (χ4n) is 6.15. The van der Waals surface area contributed by atoms with Gasteiger partial charge in [0, 0.05) is 74.1 Å². The molecule has 2 aromatic carbocycles. The number of aromatic nitrogens is 2. The Balaban J connectivity index is 0.887. The minimum atomic E-state index is -0.245. The summed E-state index contributed by atoms with van der Waals surface area (Å²) in [5.41, 5.74) is 2.48. The summed E-state index contributed by atoms with van der Waals surface area (Å²) in [6.45, 7) is 4.75. The fraction of sp³-hybridized carbons (Fsp3) is 0.476. The van der Waals surface area contributed by atoms with E-state index in [1.165, 1.54) is 25.7 Å². The van der Waals surface area contributed by atoms with Crippen LogP contribution in [0.3, 0.4) is 0 Å². The molecule has 0 aliphatic heterocycles. The summed E-state index contributed by atoms with van der Waals surface area (Å²) >= 11 is 0. The molecule has 14 nitrogen and oxygen atoms in total. The number of hydrogen-bond acceptors (Lipinski definition) is 10. The molecule has 4 aromatic rings. The summed E-state index contributed by atoms with van der Waals surface area (Å²) in [5.74, 6) is 0.483. The Hall–Kier alpha value is -5.34. The van der Waals surface area contributed by atoms with Crippen molar-refractivity contribution < 1.29 is 28.7 Å². The first-order valence-electron chi connectivity index (χ1n) is 19.8. The summed E-state index contributed by atoms with van der Waals surface area (Å²) in [6, 6.07) is 14.6. The van der Waals surface area contributed by atoms with Crippen LogP contribution in [0.1, 0.15) is 77.0 Å². The second kappa shape index (κ2) is 24.9. The number of benzene rings is 2. The molecule has 6 N–H and O–H groups in total. The monoisotopic (exact) mass is 770 g/mol. The predicted octanol–water partition coefficient (Wildman–Crippen LogP) is 5.47. The van der Waals surface area contributed by atoms with Crippen LogP contribution in [0.4, 0.5) is 11.4 Å². The number of carbonyl (C=O) groups is 4. The zero-order valence-corrected chi connectivity index (χ0v) is 32.8. The van der Waals surface area contributed by atoms with E-state index in [0.29, 0.717) is 47.0 Å². The number of unbranched alkanes of at least 4 members (excludes halogenated alkanes) is 5. The van der Waals surface area contributed by atoms with E-state index in [4.69, 9.17) is 9.47 Å². The number of pyridine rings is 2. The lowest BCUT2D eigenvalue weighted by molar-refractivity contribution is -0.124. The molecule has 0 atom stereocenters. The molecule has 0 saturated heterocycles. The van der Waals surface area contributed by atoms with Gasteiger partial charge < -0.3 is 41.4 Å². The van der Waals surface area contributed by atoms with Gasteiger partial charge in [-0.25, -0.2) is 0 Å². The van der Waals surface area contributed by atoms with Crippen LogP contribution in [-0.2, 0) is 19.2 Å². The first-order chi connectivity index (χ1) is 27.4. The number of nitrogens with zero attached hydrogens (tertiary/aromatic N) is 2. The van der Waals surface area contributed by atoms with Crippen molar-refractivity contribution in [2.24, 2.45) is 0 Å². The molecule has 0 aliphatic rings. The van der Waals surface area contributed by atoms with E-state index < -0.39 is 0 Å². The van der Waals surface area contributed by atoms with Crippen molar-refractivity contribution >= 4 is 56.8 Å². The standard InChI is InChI=1S/C42H58N8O6/c1-55-33-27-31-13-9-23-47-41(31)35(29-33)49-39(53)17-15-37(51)45-25-11-21-43-19-7-5-3-4-6-8-20-44-22-12-26-46-38(52)16-18-40(54)50-36-30-34(56-2)28-32-14-10-24-48-42(32)36/h9-10,13-14,23-24,27-30,43-44H,3-8,11-12,15-22,25-26H2,1-2H3,(H,45,51)(H,46,52)(H,49,53)(H,50,54). The van der Waals surface area contributed by atoms with Gasteiger partial charge in [0.2, 0.25) is 23.6 Å². The molecule has 4 rings (SSSR count).